The minimum atomic E-state index is -5.19. The van der Waals surface area contributed by atoms with Crippen molar-refractivity contribution in [3.63, 3.8) is 0 Å². The Morgan fingerprint density at radius 2 is 0.724 bits per heavy atom. The normalized spacial score (nSPS) is 13.3. The van der Waals surface area contributed by atoms with Crippen molar-refractivity contribution in [2.24, 2.45) is 0 Å². The highest BCUT2D eigenvalue weighted by Gasteiger charge is 2.40. The van der Waals surface area contributed by atoms with Crippen LogP contribution in [0.4, 0.5) is 52.7 Å². The molecule has 0 saturated heterocycles. The van der Waals surface area contributed by atoms with Crippen LogP contribution in [-0.4, -0.2) is 9.13 Å². The van der Waals surface area contributed by atoms with Crippen LogP contribution in [0, 0.1) is 0 Å². The van der Waals surface area contributed by atoms with Gasteiger partial charge in [0.05, 0.1) is 44.3 Å². The predicted octanol–water partition coefficient (Wildman–Crippen LogP) is 13.2. The SMILES string of the molecule is CC(C)n1c2ccc(-c3ccc(C(F)(F)F)cc3C(F)(F)F)cc2c(=O)c2cc3c(cc21)c(=O)c1cc(-c2ccc(C(F)(F)F)cc2C(F)(F)F)ccc1n3C(C)C. The van der Waals surface area contributed by atoms with Gasteiger partial charge in [-0.05, 0) is 111 Å². The van der Waals surface area contributed by atoms with Crippen molar-refractivity contribution in [2.75, 3.05) is 0 Å². The number of hydrogen-bond acceptors (Lipinski definition) is 2. The topological polar surface area (TPSA) is 44.0 Å². The van der Waals surface area contributed by atoms with Gasteiger partial charge in [0.15, 0.2) is 10.9 Å². The summed E-state index contributed by atoms with van der Waals surface area (Å²) in [5.41, 5.74) is -8.07. The van der Waals surface area contributed by atoms with Crippen molar-refractivity contribution >= 4 is 43.6 Å². The van der Waals surface area contributed by atoms with Crippen LogP contribution in [0.25, 0.3) is 65.9 Å². The summed E-state index contributed by atoms with van der Waals surface area (Å²) in [6, 6.07) is 11.9. The molecule has 16 heteroatoms. The molecule has 0 bridgehead atoms. The smallest absolute Gasteiger partial charge is 0.338 e. The van der Waals surface area contributed by atoms with Crippen molar-refractivity contribution in [2.45, 2.75) is 64.5 Å². The first-order valence-electron chi connectivity index (χ1n) is 17.5. The molecule has 7 rings (SSSR count). The lowest BCUT2D eigenvalue weighted by molar-refractivity contribution is -0.144. The molecule has 0 spiro atoms. The lowest BCUT2D eigenvalue weighted by Crippen LogP contribution is -2.17. The summed E-state index contributed by atoms with van der Waals surface area (Å²) in [5.74, 6) is 0. The number of fused-ring (bicyclic) bond motifs is 4. The standard InChI is InChI=1S/C42H28F12N2O2/c1-19(2)55-33-11-5-21(25-9-7-23(39(43,44)45)15-31(25)41(49,50)51)13-27(33)37(57)29-18-36-30(17-35(29)55)38(58)28-14-22(6-12-34(28)56(36)20(3)4)26-10-8-24(40(46,47)48)16-32(26)42(52,53)54/h5-20H,1-4H3. The minimum absolute atomic E-state index is 0.00960. The molecule has 0 aliphatic rings. The molecule has 302 valence electrons. The molecule has 0 unspecified atom stereocenters. The van der Waals surface area contributed by atoms with Crippen molar-refractivity contribution < 1.29 is 52.7 Å². The zero-order valence-corrected chi connectivity index (χ0v) is 30.5. The van der Waals surface area contributed by atoms with Crippen molar-refractivity contribution in [1.82, 2.24) is 9.13 Å². The summed E-state index contributed by atoms with van der Waals surface area (Å²) < 4.78 is 169. The highest BCUT2D eigenvalue weighted by Crippen LogP contribution is 2.44. The van der Waals surface area contributed by atoms with Gasteiger partial charge in [0.25, 0.3) is 0 Å². The van der Waals surface area contributed by atoms with Crippen LogP contribution in [-0.2, 0) is 24.7 Å². The lowest BCUT2D eigenvalue weighted by Gasteiger charge is -2.23. The first kappa shape index (κ1) is 40.4. The minimum Gasteiger partial charge on any atom is -0.338 e. The number of hydrogen-bond donors (Lipinski definition) is 0. The average molecular weight is 821 g/mol. The van der Waals surface area contributed by atoms with Crippen LogP contribution >= 0.6 is 0 Å². The highest BCUT2D eigenvalue weighted by atomic mass is 19.4. The molecule has 0 radical (unpaired) electrons. The summed E-state index contributed by atoms with van der Waals surface area (Å²) >= 11 is 0. The summed E-state index contributed by atoms with van der Waals surface area (Å²) in [6.07, 6.45) is -20.5. The molecule has 58 heavy (non-hydrogen) atoms. The third kappa shape index (κ3) is 6.75. The Bertz CT molecular complexity index is 2750. The monoisotopic (exact) mass is 820 g/mol. The fraction of sp³-hybridized carbons (Fsp3) is 0.238. The summed E-state index contributed by atoms with van der Waals surface area (Å²) in [6.45, 7) is 6.95. The zero-order chi connectivity index (χ0) is 42.6. The number of halogens is 12. The predicted molar refractivity (Wildman–Crippen MR) is 197 cm³/mol. The molecule has 0 aliphatic carbocycles. The van der Waals surface area contributed by atoms with E-state index in [2.05, 4.69) is 0 Å². The van der Waals surface area contributed by atoms with E-state index in [1.54, 1.807) is 36.8 Å². The Hall–Kier alpha value is -5.80. The number of rotatable bonds is 4. The molecule has 4 nitrogen and oxygen atoms in total. The van der Waals surface area contributed by atoms with Crippen molar-refractivity contribution in [3.8, 4) is 22.3 Å². The molecule has 0 amide bonds. The molecule has 2 aromatic heterocycles. The molecule has 2 heterocycles. The molecular weight excluding hydrogens is 792 g/mol. The first-order chi connectivity index (χ1) is 26.8. The van der Waals surface area contributed by atoms with E-state index >= 15 is 0 Å². The largest absolute Gasteiger partial charge is 0.417 e. The second kappa shape index (κ2) is 13.4. The van der Waals surface area contributed by atoms with Gasteiger partial charge in [-0.15, -0.1) is 0 Å². The maximum atomic E-state index is 14.4. The number of pyridine rings is 2. The molecule has 0 fully saturated rings. The molecule has 0 aliphatic heterocycles. The van der Waals surface area contributed by atoms with Gasteiger partial charge in [-0.1, -0.05) is 24.3 Å². The number of aromatic nitrogens is 2. The van der Waals surface area contributed by atoms with Crippen LogP contribution in [0.3, 0.4) is 0 Å². The van der Waals surface area contributed by atoms with Crippen LogP contribution < -0.4 is 10.9 Å². The highest BCUT2D eigenvalue weighted by molar-refractivity contribution is 6.05. The quantitative estimate of drug-likeness (QED) is 0.131. The van der Waals surface area contributed by atoms with Gasteiger partial charge in [-0.25, -0.2) is 0 Å². The van der Waals surface area contributed by atoms with E-state index in [1.807, 2.05) is 0 Å². The van der Waals surface area contributed by atoms with E-state index < -0.39 is 81.0 Å². The van der Waals surface area contributed by atoms with E-state index in [4.69, 9.17) is 0 Å². The molecular formula is C42H28F12N2O2. The van der Waals surface area contributed by atoms with Gasteiger partial charge in [-0.2, -0.15) is 52.7 Å². The summed E-state index contributed by atoms with van der Waals surface area (Å²) in [7, 11) is 0. The Balaban J connectivity index is 1.52. The van der Waals surface area contributed by atoms with Gasteiger partial charge in [0, 0.05) is 33.6 Å². The molecule has 0 saturated carbocycles. The van der Waals surface area contributed by atoms with E-state index in [9.17, 15) is 62.3 Å². The number of alkyl halides is 12. The Kier molecular flexibility index (Phi) is 9.32. The fourth-order valence-electron chi connectivity index (χ4n) is 7.61. The van der Waals surface area contributed by atoms with Crippen molar-refractivity contribution in [1.29, 1.82) is 0 Å². The van der Waals surface area contributed by atoms with Gasteiger partial charge in [0.1, 0.15) is 0 Å². The van der Waals surface area contributed by atoms with Gasteiger partial charge >= 0.3 is 24.7 Å². The van der Waals surface area contributed by atoms with E-state index in [0.717, 1.165) is 0 Å². The van der Waals surface area contributed by atoms with E-state index in [0.29, 0.717) is 24.3 Å². The van der Waals surface area contributed by atoms with Crippen LogP contribution in [0.5, 0.6) is 0 Å². The van der Waals surface area contributed by atoms with Gasteiger partial charge < -0.3 is 9.13 Å². The van der Waals surface area contributed by atoms with E-state index in [-0.39, 0.29) is 66.9 Å². The maximum Gasteiger partial charge on any atom is 0.417 e. The Morgan fingerprint density at radius 1 is 0.397 bits per heavy atom. The van der Waals surface area contributed by atoms with Gasteiger partial charge in [0.2, 0.25) is 0 Å². The van der Waals surface area contributed by atoms with Crippen molar-refractivity contribution in [3.05, 3.63) is 128 Å². The third-order valence-corrected chi connectivity index (χ3v) is 10.1. The molecule has 7 aromatic rings. The molecule has 0 atom stereocenters. The Labute approximate surface area is 319 Å². The van der Waals surface area contributed by atoms with Gasteiger partial charge in [-0.3, -0.25) is 9.59 Å². The second-order valence-corrected chi connectivity index (χ2v) is 14.4. The zero-order valence-electron chi connectivity index (χ0n) is 30.5. The third-order valence-electron chi connectivity index (χ3n) is 10.1. The number of nitrogens with zero attached hydrogens (tertiary/aromatic N) is 2. The van der Waals surface area contributed by atoms with Crippen LogP contribution in [0.2, 0.25) is 0 Å². The lowest BCUT2D eigenvalue weighted by atomic mass is 9.94. The number of benzene rings is 5. The maximum absolute atomic E-state index is 14.4. The summed E-state index contributed by atoms with van der Waals surface area (Å²) in [5, 5.41) is -0.0452. The Morgan fingerprint density at radius 3 is 1.02 bits per heavy atom. The summed E-state index contributed by atoms with van der Waals surface area (Å²) in [4.78, 5) is 28.7. The van der Waals surface area contributed by atoms with E-state index in [1.165, 1.54) is 48.5 Å². The molecule has 0 N–H and O–H groups in total. The average Bonchev–Trinajstić information content (AvgIpc) is 3.12. The molecule has 5 aromatic carbocycles. The van der Waals surface area contributed by atoms with Crippen LogP contribution in [0.1, 0.15) is 62.0 Å². The second-order valence-electron chi connectivity index (χ2n) is 14.4. The first-order valence-corrected chi connectivity index (χ1v) is 17.5. The fourth-order valence-corrected chi connectivity index (χ4v) is 7.61. The van der Waals surface area contributed by atoms with Crippen LogP contribution in [0.15, 0.2) is 94.5 Å².